The number of nitro benzene ring substituents is 1. The summed E-state index contributed by atoms with van der Waals surface area (Å²) < 4.78 is 10.1. The molecule has 1 N–H and O–H groups in total. The van der Waals surface area contributed by atoms with Crippen LogP contribution in [0.5, 0.6) is 0 Å². The van der Waals surface area contributed by atoms with Crippen LogP contribution >= 0.6 is 11.3 Å². The van der Waals surface area contributed by atoms with Crippen LogP contribution in [0.1, 0.15) is 20.0 Å². The summed E-state index contributed by atoms with van der Waals surface area (Å²) in [5.74, 6) is -1.31. The van der Waals surface area contributed by atoms with Gasteiger partial charge < -0.3 is 24.6 Å². The van der Waals surface area contributed by atoms with Crippen molar-refractivity contribution in [2.24, 2.45) is 0 Å². The number of anilines is 1. The van der Waals surface area contributed by atoms with E-state index in [-0.39, 0.29) is 17.2 Å². The number of piperazine rings is 1. The van der Waals surface area contributed by atoms with Crippen LogP contribution in [-0.2, 0) is 14.3 Å². The molecule has 2 heterocycles. The number of hydrogen-bond donors (Lipinski definition) is 1. The number of hydrogen-bond acceptors (Lipinski definition) is 9. The van der Waals surface area contributed by atoms with Crippen molar-refractivity contribution in [2.75, 3.05) is 58.4 Å². The van der Waals surface area contributed by atoms with Crippen molar-refractivity contribution in [2.45, 2.75) is 0 Å². The van der Waals surface area contributed by atoms with Crippen LogP contribution in [0.15, 0.2) is 35.7 Å². The lowest BCUT2D eigenvalue weighted by atomic mass is 10.1. The van der Waals surface area contributed by atoms with E-state index in [0.717, 1.165) is 6.07 Å². The van der Waals surface area contributed by atoms with Crippen LogP contribution < -0.4 is 5.32 Å². The molecule has 1 aromatic heterocycles. The molecule has 0 radical (unpaired) electrons. The van der Waals surface area contributed by atoms with Crippen molar-refractivity contribution >= 4 is 40.5 Å². The molecule has 1 saturated heterocycles. The molecule has 0 aliphatic carbocycles. The minimum atomic E-state index is -0.849. The molecule has 1 aromatic carbocycles. The van der Waals surface area contributed by atoms with Gasteiger partial charge in [0.1, 0.15) is 0 Å². The first-order chi connectivity index (χ1) is 15.9. The zero-order chi connectivity index (χ0) is 23.8. The molecule has 0 atom stereocenters. The first kappa shape index (κ1) is 24.1. The molecule has 176 valence electrons. The summed E-state index contributed by atoms with van der Waals surface area (Å²) in [7, 11) is 1.52. The number of carbonyl (C=O) groups is 3. The Morgan fingerprint density at radius 2 is 1.88 bits per heavy atom. The topological polar surface area (TPSA) is 131 Å². The number of benzene rings is 1. The number of nitrogens with zero attached hydrogens (tertiary/aromatic N) is 3. The van der Waals surface area contributed by atoms with E-state index in [2.05, 4.69) is 5.32 Å². The molecule has 12 heteroatoms. The van der Waals surface area contributed by atoms with Gasteiger partial charge in [-0.05, 0) is 17.5 Å². The van der Waals surface area contributed by atoms with E-state index in [1.165, 1.54) is 35.5 Å². The summed E-state index contributed by atoms with van der Waals surface area (Å²) >= 11 is 1.37. The second-order valence-electron chi connectivity index (χ2n) is 7.13. The molecule has 1 fully saturated rings. The summed E-state index contributed by atoms with van der Waals surface area (Å²) in [4.78, 5) is 51.9. The summed E-state index contributed by atoms with van der Waals surface area (Å²) in [6.07, 6.45) is 0. The number of carbonyl (C=O) groups excluding carboxylic acids is 3. The van der Waals surface area contributed by atoms with Crippen LogP contribution in [0, 0.1) is 10.1 Å². The van der Waals surface area contributed by atoms with Gasteiger partial charge in [-0.15, -0.1) is 11.3 Å². The summed E-state index contributed by atoms with van der Waals surface area (Å²) in [6, 6.07) is 7.36. The lowest BCUT2D eigenvalue weighted by Gasteiger charge is -2.34. The van der Waals surface area contributed by atoms with E-state index >= 15 is 0 Å². The average Bonchev–Trinajstić information content (AvgIpc) is 3.37. The number of thiophene rings is 1. The Morgan fingerprint density at radius 3 is 2.52 bits per heavy atom. The van der Waals surface area contributed by atoms with E-state index in [1.807, 2.05) is 11.4 Å². The fraction of sp³-hybridized carbons (Fsp3) is 0.381. The number of amides is 2. The quantitative estimate of drug-likeness (QED) is 0.251. The van der Waals surface area contributed by atoms with E-state index in [9.17, 15) is 24.5 Å². The van der Waals surface area contributed by atoms with Crippen LogP contribution in [0.25, 0.3) is 0 Å². The predicted molar refractivity (Wildman–Crippen MR) is 121 cm³/mol. The third-order valence-corrected chi connectivity index (χ3v) is 5.89. The number of methoxy groups -OCH3 is 1. The van der Waals surface area contributed by atoms with Crippen molar-refractivity contribution in [3.05, 3.63) is 56.3 Å². The van der Waals surface area contributed by atoms with Gasteiger partial charge in [0.15, 0.2) is 6.61 Å². The Bertz CT molecular complexity index is 1000. The van der Waals surface area contributed by atoms with Gasteiger partial charge >= 0.3 is 5.97 Å². The monoisotopic (exact) mass is 476 g/mol. The summed E-state index contributed by atoms with van der Waals surface area (Å²) in [5.41, 5.74) is 0.0346. The van der Waals surface area contributed by atoms with Crippen molar-refractivity contribution in [1.29, 1.82) is 0 Å². The molecule has 33 heavy (non-hydrogen) atoms. The highest BCUT2D eigenvalue weighted by Crippen LogP contribution is 2.23. The molecule has 0 unspecified atom stereocenters. The number of esters is 1. The highest BCUT2D eigenvalue weighted by Gasteiger charge is 2.26. The van der Waals surface area contributed by atoms with Crippen molar-refractivity contribution in [1.82, 2.24) is 9.80 Å². The Balaban J connectivity index is 1.55. The maximum Gasteiger partial charge on any atom is 0.341 e. The van der Waals surface area contributed by atoms with E-state index in [0.29, 0.717) is 49.9 Å². The molecule has 0 spiro atoms. The Kier molecular flexibility index (Phi) is 8.33. The van der Waals surface area contributed by atoms with Crippen LogP contribution in [0.4, 0.5) is 11.4 Å². The average molecular weight is 477 g/mol. The molecule has 2 amide bonds. The van der Waals surface area contributed by atoms with Crippen molar-refractivity contribution in [3.63, 3.8) is 0 Å². The van der Waals surface area contributed by atoms with Crippen LogP contribution in [0.3, 0.4) is 0 Å². The Labute approximate surface area is 194 Å². The lowest BCUT2D eigenvalue weighted by Crippen LogP contribution is -2.51. The maximum atomic E-state index is 12.6. The number of ether oxygens (including phenoxy) is 2. The molecule has 0 saturated carbocycles. The lowest BCUT2D eigenvalue weighted by molar-refractivity contribution is -0.384. The molecule has 11 nitrogen and oxygen atoms in total. The van der Waals surface area contributed by atoms with Gasteiger partial charge in [0.05, 0.1) is 22.0 Å². The zero-order valence-corrected chi connectivity index (χ0v) is 18.8. The second-order valence-corrected chi connectivity index (χ2v) is 8.08. The van der Waals surface area contributed by atoms with Crippen LogP contribution in [-0.4, -0.2) is 85.6 Å². The molecule has 0 bridgehead atoms. The van der Waals surface area contributed by atoms with E-state index < -0.39 is 23.4 Å². The third kappa shape index (κ3) is 6.26. The first-order valence-electron chi connectivity index (χ1n) is 10.2. The minimum absolute atomic E-state index is 0.0422. The summed E-state index contributed by atoms with van der Waals surface area (Å²) in [6.45, 7) is 1.66. The molecule has 2 aromatic rings. The highest BCUT2D eigenvalue weighted by atomic mass is 32.1. The van der Waals surface area contributed by atoms with E-state index in [4.69, 9.17) is 9.47 Å². The molecule has 3 rings (SSSR count). The van der Waals surface area contributed by atoms with Gasteiger partial charge in [0.25, 0.3) is 17.5 Å². The standard InChI is InChI=1S/C21H24N4O7S/c1-31-11-6-22-17-5-4-15(25(29)30)13-16(17)21(28)32-14-19(26)23-7-9-24(10-8-23)20(27)18-3-2-12-33-18/h2-5,12-13,22H,6-11,14H2,1H3. The van der Waals surface area contributed by atoms with Gasteiger partial charge in [0, 0.05) is 57.7 Å². The number of rotatable bonds is 9. The van der Waals surface area contributed by atoms with Gasteiger partial charge in [-0.1, -0.05) is 6.07 Å². The van der Waals surface area contributed by atoms with Crippen LogP contribution in [0.2, 0.25) is 0 Å². The predicted octanol–water partition coefficient (Wildman–Crippen LogP) is 1.86. The molecule has 1 aliphatic heterocycles. The van der Waals surface area contributed by atoms with Gasteiger partial charge in [0.2, 0.25) is 0 Å². The van der Waals surface area contributed by atoms with Gasteiger partial charge in [-0.25, -0.2) is 4.79 Å². The van der Waals surface area contributed by atoms with E-state index in [1.54, 1.807) is 11.0 Å². The smallest absolute Gasteiger partial charge is 0.341 e. The number of nitro groups is 1. The Hall–Kier alpha value is -3.51. The number of nitrogens with one attached hydrogen (secondary N) is 1. The largest absolute Gasteiger partial charge is 0.452 e. The van der Waals surface area contributed by atoms with Crippen molar-refractivity contribution < 1.29 is 28.8 Å². The third-order valence-electron chi connectivity index (χ3n) is 5.03. The highest BCUT2D eigenvalue weighted by molar-refractivity contribution is 7.12. The second kappa shape index (κ2) is 11.4. The zero-order valence-electron chi connectivity index (χ0n) is 18.0. The number of non-ortho nitro benzene ring substituents is 1. The fourth-order valence-corrected chi connectivity index (χ4v) is 3.96. The fourth-order valence-electron chi connectivity index (χ4n) is 3.27. The summed E-state index contributed by atoms with van der Waals surface area (Å²) in [5, 5.41) is 15.9. The van der Waals surface area contributed by atoms with Crippen molar-refractivity contribution in [3.8, 4) is 0 Å². The maximum absolute atomic E-state index is 12.6. The molecular weight excluding hydrogens is 452 g/mol. The normalized spacial score (nSPS) is 13.5. The minimum Gasteiger partial charge on any atom is -0.452 e. The molecule has 1 aliphatic rings. The van der Waals surface area contributed by atoms with Gasteiger partial charge in [-0.2, -0.15) is 0 Å². The SMILES string of the molecule is COCCNc1ccc([N+](=O)[O-])cc1C(=O)OCC(=O)N1CCN(C(=O)c2cccs2)CC1. The Morgan fingerprint density at radius 1 is 1.15 bits per heavy atom. The molecular formula is C21H24N4O7S. The first-order valence-corrected chi connectivity index (χ1v) is 11.1. The van der Waals surface area contributed by atoms with Gasteiger partial charge in [-0.3, -0.25) is 19.7 Å².